The molecule has 2 heterocycles. The van der Waals surface area contributed by atoms with E-state index < -0.39 is 0 Å². The number of anilines is 1. The summed E-state index contributed by atoms with van der Waals surface area (Å²) >= 11 is 1.52. The molecule has 1 aromatic carbocycles. The zero-order chi connectivity index (χ0) is 15.7. The Labute approximate surface area is 134 Å². The Morgan fingerprint density at radius 3 is 2.77 bits per heavy atom. The molecule has 1 aromatic heterocycles. The second kappa shape index (κ2) is 5.91. The SMILES string of the molecule is Cc1ccc(C(=O)Nc2sc3c(c2C#N)CCN(C)C3)cc1. The summed E-state index contributed by atoms with van der Waals surface area (Å²) in [5.41, 5.74) is 3.46. The average Bonchev–Trinajstić information content (AvgIpc) is 2.83. The molecule has 0 spiro atoms. The predicted molar refractivity (Wildman–Crippen MR) is 88.2 cm³/mol. The standard InChI is InChI=1S/C17H17N3OS/c1-11-3-5-12(6-4-11)16(21)19-17-14(9-18)13-7-8-20(2)10-15(13)22-17/h3-6H,7-8,10H2,1-2H3,(H,19,21). The van der Waals surface area contributed by atoms with E-state index in [4.69, 9.17) is 0 Å². The molecule has 22 heavy (non-hydrogen) atoms. The highest BCUT2D eigenvalue weighted by Gasteiger charge is 2.23. The molecule has 3 rings (SSSR count). The molecule has 1 amide bonds. The number of amides is 1. The molecule has 0 atom stereocenters. The monoisotopic (exact) mass is 311 g/mol. The van der Waals surface area contributed by atoms with E-state index in [1.165, 1.54) is 16.2 Å². The van der Waals surface area contributed by atoms with Crippen molar-refractivity contribution in [2.24, 2.45) is 0 Å². The summed E-state index contributed by atoms with van der Waals surface area (Å²) in [6, 6.07) is 9.69. The maximum atomic E-state index is 12.3. The van der Waals surface area contributed by atoms with Crippen LogP contribution in [0.25, 0.3) is 0 Å². The molecular formula is C17H17N3OS. The van der Waals surface area contributed by atoms with Crippen molar-refractivity contribution in [2.75, 3.05) is 18.9 Å². The second-order valence-electron chi connectivity index (χ2n) is 5.63. The minimum absolute atomic E-state index is 0.163. The number of nitrogens with one attached hydrogen (secondary N) is 1. The van der Waals surface area contributed by atoms with Crippen LogP contribution in [0.15, 0.2) is 24.3 Å². The number of carbonyl (C=O) groups excluding carboxylic acids is 1. The van der Waals surface area contributed by atoms with Gasteiger partial charge in [0, 0.05) is 23.5 Å². The number of benzene rings is 1. The van der Waals surface area contributed by atoms with Crippen molar-refractivity contribution < 1.29 is 4.79 Å². The fraction of sp³-hybridized carbons (Fsp3) is 0.294. The van der Waals surface area contributed by atoms with Gasteiger partial charge in [0.15, 0.2) is 0 Å². The van der Waals surface area contributed by atoms with Crippen molar-refractivity contribution in [3.05, 3.63) is 51.4 Å². The molecule has 0 radical (unpaired) electrons. The number of nitriles is 1. The van der Waals surface area contributed by atoms with Gasteiger partial charge in [0.05, 0.1) is 5.56 Å². The van der Waals surface area contributed by atoms with E-state index in [9.17, 15) is 10.1 Å². The van der Waals surface area contributed by atoms with Crippen LogP contribution in [0.4, 0.5) is 5.00 Å². The lowest BCUT2D eigenvalue weighted by Gasteiger charge is -2.21. The van der Waals surface area contributed by atoms with Crippen LogP contribution in [0.5, 0.6) is 0 Å². The number of nitrogens with zero attached hydrogens (tertiary/aromatic N) is 2. The summed E-state index contributed by atoms with van der Waals surface area (Å²) in [5.74, 6) is -0.163. The number of likely N-dealkylation sites (N-methyl/N-ethyl adjacent to an activating group) is 1. The van der Waals surface area contributed by atoms with Crippen LogP contribution >= 0.6 is 11.3 Å². The Kier molecular flexibility index (Phi) is 3.97. The molecule has 0 fully saturated rings. The van der Waals surface area contributed by atoms with Gasteiger partial charge in [-0.05, 0) is 38.1 Å². The second-order valence-corrected chi connectivity index (χ2v) is 6.73. The van der Waals surface area contributed by atoms with E-state index in [1.807, 2.05) is 19.1 Å². The molecule has 0 unspecified atom stereocenters. The first-order valence-corrected chi connectivity index (χ1v) is 8.01. The first kappa shape index (κ1) is 14.8. The lowest BCUT2D eigenvalue weighted by Crippen LogP contribution is -2.25. The first-order valence-electron chi connectivity index (χ1n) is 7.19. The van der Waals surface area contributed by atoms with Gasteiger partial charge in [-0.15, -0.1) is 11.3 Å². The summed E-state index contributed by atoms with van der Waals surface area (Å²) < 4.78 is 0. The highest BCUT2D eigenvalue weighted by atomic mass is 32.1. The Balaban J connectivity index is 1.88. The zero-order valence-corrected chi connectivity index (χ0v) is 13.5. The van der Waals surface area contributed by atoms with Gasteiger partial charge >= 0.3 is 0 Å². The Morgan fingerprint density at radius 1 is 1.36 bits per heavy atom. The van der Waals surface area contributed by atoms with Crippen LogP contribution in [0, 0.1) is 18.3 Å². The van der Waals surface area contributed by atoms with Crippen LogP contribution < -0.4 is 5.32 Å². The number of fused-ring (bicyclic) bond motifs is 1. The van der Waals surface area contributed by atoms with Crippen molar-refractivity contribution in [2.45, 2.75) is 19.9 Å². The molecule has 2 aromatic rings. The van der Waals surface area contributed by atoms with Gasteiger partial charge in [0.25, 0.3) is 5.91 Å². The van der Waals surface area contributed by atoms with Crippen LogP contribution in [-0.2, 0) is 13.0 Å². The van der Waals surface area contributed by atoms with Gasteiger partial charge in [-0.25, -0.2) is 0 Å². The highest BCUT2D eigenvalue weighted by molar-refractivity contribution is 7.16. The van der Waals surface area contributed by atoms with E-state index in [0.717, 1.165) is 30.6 Å². The maximum absolute atomic E-state index is 12.3. The zero-order valence-electron chi connectivity index (χ0n) is 12.6. The Bertz CT molecular complexity index is 755. The molecule has 1 N–H and O–H groups in total. The topological polar surface area (TPSA) is 56.1 Å². The number of aryl methyl sites for hydroxylation is 1. The first-order chi connectivity index (χ1) is 10.6. The van der Waals surface area contributed by atoms with E-state index in [2.05, 4.69) is 23.3 Å². The number of carbonyl (C=O) groups is 1. The van der Waals surface area contributed by atoms with Gasteiger partial charge in [-0.2, -0.15) is 5.26 Å². The van der Waals surface area contributed by atoms with E-state index in [0.29, 0.717) is 16.1 Å². The fourth-order valence-corrected chi connectivity index (χ4v) is 3.89. The predicted octanol–water partition coefficient (Wildman–Crippen LogP) is 3.17. The van der Waals surface area contributed by atoms with Crippen LogP contribution in [-0.4, -0.2) is 24.4 Å². The molecule has 0 saturated heterocycles. The lowest BCUT2D eigenvalue weighted by atomic mass is 10.0. The molecule has 0 aliphatic carbocycles. The summed E-state index contributed by atoms with van der Waals surface area (Å²) in [6.45, 7) is 3.78. The summed E-state index contributed by atoms with van der Waals surface area (Å²) in [4.78, 5) is 15.8. The van der Waals surface area contributed by atoms with E-state index in [-0.39, 0.29) is 5.91 Å². The van der Waals surface area contributed by atoms with Gasteiger partial charge < -0.3 is 10.2 Å². The molecule has 0 saturated carbocycles. The van der Waals surface area contributed by atoms with Gasteiger partial charge in [-0.1, -0.05) is 17.7 Å². The Morgan fingerprint density at radius 2 is 2.09 bits per heavy atom. The summed E-state index contributed by atoms with van der Waals surface area (Å²) in [7, 11) is 2.07. The number of hydrogen-bond donors (Lipinski definition) is 1. The van der Waals surface area contributed by atoms with Crippen LogP contribution in [0.3, 0.4) is 0 Å². The third-order valence-electron chi connectivity index (χ3n) is 3.90. The molecular weight excluding hydrogens is 294 g/mol. The normalized spacial score (nSPS) is 14.2. The summed E-state index contributed by atoms with van der Waals surface area (Å²) in [6.07, 6.45) is 0.867. The van der Waals surface area contributed by atoms with Crippen molar-refractivity contribution in [1.82, 2.24) is 4.90 Å². The van der Waals surface area contributed by atoms with Crippen molar-refractivity contribution >= 4 is 22.2 Å². The molecule has 1 aliphatic heterocycles. The van der Waals surface area contributed by atoms with Crippen molar-refractivity contribution in [3.8, 4) is 6.07 Å². The number of thiophene rings is 1. The third kappa shape index (κ3) is 2.76. The largest absolute Gasteiger partial charge is 0.312 e. The quantitative estimate of drug-likeness (QED) is 0.927. The van der Waals surface area contributed by atoms with Crippen LogP contribution in [0.1, 0.15) is 31.9 Å². The van der Waals surface area contributed by atoms with E-state index in [1.54, 1.807) is 12.1 Å². The molecule has 112 valence electrons. The fourth-order valence-electron chi connectivity index (χ4n) is 2.62. The maximum Gasteiger partial charge on any atom is 0.256 e. The van der Waals surface area contributed by atoms with Crippen molar-refractivity contribution in [3.63, 3.8) is 0 Å². The third-order valence-corrected chi connectivity index (χ3v) is 5.03. The highest BCUT2D eigenvalue weighted by Crippen LogP contribution is 2.36. The lowest BCUT2D eigenvalue weighted by molar-refractivity contribution is 0.102. The number of hydrogen-bond acceptors (Lipinski definition) is 4. The number of rotatable bonds is 2. The Hall–Kier alpha value is -2.16. The van der Waals surface area contributed by atoms with Gasteiger partial charge in [0.2, 0.25) is 0 Å². The molecule has 0 bridgehead atoms. The molecule has 1 aliphatic rings. The smallest absolute Gasteiger partial charge is 0.256 e. The molecule has 5 heteroatoms. The van der Waals surface area contributed by atoms with Gasteiger partial charge in [0.1, 0.15) is 11.1 Å². The molecule has 4 nitrogen and oxygen atoms in total. The average molecular weight is 311 g/mol. The van der Waals surface area contributed by atoms with Crippen LogP contribution in [0.2, 0.25) is 0 Å². The van der Waals surface area contributed by atoms with Gasteiger partial charge in [-0.3, -0.25) is 4.79 Å². The minimum Gasteiger partial charge on any atom is -0.312 e. The summed E-state index contributed by atoms with van der Waals surface area (Å²) in [5, 5.41) is 13.0. The van der Waals surface area contributed by atoms with Crippen molar-refractivity contribution in [1.29, 1.82) is 5.26 Å². The minimum atomic E-state index is -0.163. The van der Waals surface area contributed by atoms with E-state index >= 15 is 0 Å².